The Morgan fingerprint density at radius 3 is 2.45 bits per heavy atom. The van der Waals surface area contributed by atoms with Crippen molar-refractivity contribution in [3.8, 4) is 0 Å². The summed E-state index contributed by atoms with van der Waals surface area (Å²) in [7, 11) is 3.48. The van der Waals surface area contributed by atoms with Crippen LogP contribution >= 0.6 is 0 Å². The summed E-state index contributed by atoms with van der Waals surface area (Å²) in [6.07, 6.45) is 5.51. The van der Waals surface area contributed by atoms with Crippen LogP contribution in [0.2, 0.25) is 0 Å². The van der Waals surface area contributed by atoms with E-state index in [1.807, 2.05) is 26.1 Å². The SMILES string of the molecule is C=C/C(=C\C(=C/C)OC)NC. The van der Waals surface area contributed by atoms with Crippen LogP contribution < -0.4 is 5.32 Å². The van der Waals surface area contributed by atoms with E-state index in [1.54, 1.807) is 13.2 Å². The molecule has 0 aromatic rings. The fourth-order valence-electron chi connectivity index (χ4n) is 0.647. The van der Waals surface area contributed by atoms with E-state index in [0.29, 0.717) is 0 Å². The molecule has 1 N–H and O–H groups in total. The van der Waals surface area contributed by atoms with Crippen LogP contribution in [0.25, 0.3) is 0 Å². The molecule has 0 aliphatic carbocycles. The van der Waals surface area contributed by atoms with Gasteiger partial charge in [0.15, 0.2) is 0 Å². The van der Waals surface area contributed by atoms with Gasteiger partial charge >= 0.3 is 0 Å². The standard InChI is InChI=1S/C9H15NO/c1-5-8(10-3)7-9(6-2)11-4/h5-7,10H,1H2,2-4H3/b8-7+,9-6+. The highest BCUT2D eigenvalue weighted by Crippen LogP contribution is 2.00. The topological polar surface area (TPSA) is 21.3 Å². The summed E-state index contributed by atoms with van der Waals surface area (Å²) in [6.45, 7) is 5.56. The molecular weight excluding hydrogens is 138 g/mol. The molecule has 0 aromatic carbocycles. The highest BCUT2D eigenvalue weighted by Gasteiger charge is 1.89. The van der Waals surface area contributed by atoms with Crippen LogP contribution in [0, 0.1) is 0 Å². The first-order valence-corrected chi connectivity index (χ1v) is 3.50. The number of methoxy groups -OCH3 is 1. The van der Waals surface area contributed by atoms with E-state index in [-0.39, 0.29) is 0 Å². The van der Waals surface area contributed by atoms with Crippen molar-refractivity contribution in [3.63, 3.8) is 0 Å². The fourth-order valence-corrected chi connectivity index (χ4v) is 0.647. The molecule has 2 nitrogen and oxygen atoms in total. The molecule has 0 aliphatic rings. The van der Waals surface area contributed by atoms with Gasteiger partial charge in [0.1, 0.15) is 5.76 Å². The molecule has 0 bridgehead atoms. The van der Waals surface area contributed by atoms with E-state index in [4.69, 9.17) is 4.74 Å². The Kier molecular flexibility index (Phi) is 4.99. The Bertz CT molecular complexity index is 180. The van der Waals surface area contributed by atoms with Gasteiger partial charge in [-0.25, -0.2) is 0 Å². The van der Waals surface area contributed by atoms with E-state index < -0.39 is 0 Å². The molecule has 0 atom stereocenters. The zero-order chi connectivity index (χ0) is 8.69. The van der Waals surface area contributed by atoms with Crippen molar-refractivity contribution >= 4 is 0 Å². The van der Waals surface area contributed by atoms with Gasteiger partial charge in [0.05, 0.1) is 7.11 Å². The highest BCUT2D eigenvalue weighted by atomic mass is 16.5. The van der Waals surface area contributed by atoms with Gasteiger partial charge in [-0.05, 0) is 19.1 Å². The van der Waals surface area contributed by atoms with Crippen molar-refractivity contribution in [2.24, 2.45) is 0 Å². The van der Waals surface area contributed by atoms with Gasteiger partial charge in [-0.3, -0.25) is 0 Å². The maximum Gasteiger partial charge on any atom is 0.116 e. The third-order valence-corrected chi connectivity index (χ3v) is 1.33. The van der Waals surface area contributed by atoms with E-state index in [9.17, 15) is 0 Å². The van der Waals surface area contributed by atoms with Gasteiger partial charge in [-0.2, -0.15) is 0 Å². The number of hydrogen-bond donors (Lipinski definition) is 1. The summed E-state index contributed by atoms with van der Waals surface area (Å²) >= 11 is 0. The number of nitrogens with one attached hydrogen (secondary N) is 1. The summed E-state index contributed by atoms with van der Waals surface area (Å²) in [4.78, 5) is 0. The molecule has 0 radical (unpaired) electrons. The number of likely N-dealkylation sites (N-methyl/N-ethyl adjacent to an activating group) is 1. The summed E-state index contributed by atoms with van der Waals surface area (Å²) in [5.74, 6) is 0.828. The van der Waals surface area contributed by atoms with Gasteiger partial charge < -0.3 is 10.1 Å². The second-order valence-electron chi connectivity index (χ2n) is 1.95. The molecular formula is C9H15NO. The van der Waals surface area contributed by atoms with Crippen molar-refractivity contribution in [2.75, 3.05) is 14.2 Å². The second kappa shape index (κ2) is 5.59. The summed E-state index contributed by atoms with van der Waals surface area (Å²) in [6, 6.07) is 0. The lowest BCUT2D eigenvalue weighted by Gasteiger charge is -2.02. The van der Waals surface area contributed by atoms with Gasteiger partial charge in [0.2, 0.25) is 0 Å². The lowest BCUT2D eigenvalue weighted by Crippen LogP contribution is -2.03. The molecule has 11 heavy (non-hydrogen) atoms. The lowest BCUT2D eigenvalue weighted by atomic mass is 10.3. The number of hydrogen-bond acceptors (Lipinski definition) is 2. The molecule has 0 aliphatic heterocycles. The van der Waals surface area contributed by atoms with Crippen molar-refractivity contribution < 1.29 is 4.74 Å². The van der Waals surface area contributed by atoms with Crippen LogP contribution in [-0.2, 0) is 4.74 Å². The van der Waals surface area contributed by atoms with Crippen LogP contribution in [0.3, 0.4) is 0 Å². The Hall–Kier alpha value is -1.18. The monoisotopic (exact) mass is 153 g/mol. The largest absolute Gasteiger partial charge is 0.497 e. The molecule has 0 unspecified atom stereocenters. The van der Waals surface area contributed by atoms with E-state index in [2.05, 4.69) is 11.9 Å². The average Bonchev–Trinajstić information content (AvgIpc) is 2.07. The zero-order valence-corrected chi connectivity index (χ0v) is 7.35. The summed E-state index contributed by atoms with van der Waals surface area (Å²) < 4.78 is 5.03. The molecule has 0 heterocycles. The first kappa shape index (κ1) is 9.82. The predicted molar refractivity (Wildman–Crippen MR) is 48.1 cm³/mol. The molecule has 0 saturated carbocycles. The molecule has 0 rings (SSSR count). The van der Waals surface area contributed by atoms with Crippen LogP contribution in [-0.4, -0.2) is 14.2 Å². The minimum Gasteiger partial charge on any atom is -0.497 e. The molecule has 0 spiro atoms. The number of allylic oxidation sites excluding steroid dienone is 3. The molecule has 2 heteroatoms. The fraction of sp³-hybridized carbons (Fsp3) is 0.333. The van der Waals surface area contributed by atoms with Crippen LogP contribution in [0.1, 0.15) is 6.92 Å². The predicted octanol–water partition coefficient (Wildman–Crippen LogP) is 1.83. The maximum atomic E-state index is 5.03. The van der Waals surface area contributed by atoms with E-state index >= 15 is 0 Å². The smallest absolute Gasteiger partial charge is 0.116 e. The highest BCUT2D eigenvalue weighted by molar-refractivity contribution is 5.23. The van der Waals surface area contributed by atoms with E-state index in [1.165, 1.54) is 0 Å². The zero-order valence-electron chi connectivity index (χ0n) is 7.35. The Labute approximate surface area is 68.3 Å². The normalized spacial score (nSPS) is 12.6. The van der Waals surface area contributed by atoms with Gasteiger partial charge in [0, 0.05) is 18.8 Å². The third kappa shape index (κ3) is 3.50. The average molecular weight is 153 g/mol. The number of ether oxygens (including phenoxy) is 1. The van der Waals surface area contributed by atoms with E-state index in [0.717, 1.165) is 11.5 Å². The summed E-state index contributed by atoms with van der Waals surface area (Å²) in [5.41, 5.74) is 0.944. The van der Waals surface area contributed by atoms with Crippen molar-refractivity contribution in [2.45, 2.75) is 6.92 Å². The number of rotatable bonds is 4. The van der Waals surface area contributed by atoms with Crippen molar-refractivity contribution in [1.29, 1.82) is 0 Å². The summed E-state index contributed by atoms with van der Waals surface area (Å²) in [5, 5.41) is 2.97. The van der Waals surface area contributed by atoms with Gasteiger partial charge in [-0.1, -0.05) is 6.58 Å². The van der Waals surface area contributed by atoms with Crippen molar-refractivity contribution in [3.05, 3.63) is 36.3 Å². The quantitative estimate of drug-likeness (QED) is 0.491. The first-order chi connectivity index (χ1) is 5.28. The molecule has 62 valence electrons. The Morgan fingerprint density at radius 2 is 2.18 bits per heavy atom. The molecule has 0 fully saturated rings. The van der Waals surface area contributed by atoms with Crippen molar-refractivity contribution in [1.82, 2.24) is 5.32 Å². The Morgan fingerprint density at radius 1 is 1.55 bits per heavy atom. The maximum absolute atomic E-state index is 5.03. The van der Waals surface area contributed by atoms with Crippen LogP contribution in [0.5, 0.6) is 0 Å². The van der Waals surface area contributed by atoms with Crippen LogP contribution in [0.4, 0.5) is 0 Å². The van der Waals surface area contributed by atoms with Gasteiger partial charge in [0.25, 0.3) is 0 Å². The molecule has 0 aromatic heterocycles. The second-order valence-corrected chi connectivity index (χ2v) is 1.95. The third-order valence-electron chi connectivity index (χ3n) is 1.33. The minimum absolute atomic E-state index is 0.828. The first-order valence-electron chi connectivity index (χ1n) is 3.50. The molecule has 0 amide bonds. The van der Waals surface area contributed by atoms with Gasteiger partial charge in [-0.15, -0.1) is 0 Å². The lowest BCUT2D eigenvalue weighted by molar-refractivity contribution is 0.305. The minimum atomic E-state index is 0.828. The Balaban J connectivity index is 4.35. The van der Waals surface area contributed by atoms with Crippen LogP contribution in [0.15, 0.2) is 36.3 Å². The molecule has 0 saturated heterocycles.